The van der Waals surface area contributed by atoms with E-state index in [4.69, 9.17) is 4.74 Å². The van der Waals surface area contributed by atoms with Crippen LogP contribution in [0.4, 0.5) is 0 Å². The predicted octanol–water partition coefficient (Wildman–Crippen LogP) is 3.16. The molecule has 1 aromatic carbocycles. The van der Waals surface area contributed by atoms with E-state index in [-0.39, 0.29) is 24.6 Å². The van der Waals surface area contributed by atoms with Gasteiger partial charge >= 0.3 is 0 Å². The summed E-state index contributed by atoms with van der Waals surface area (Å²) >= 11 is 0. The van der Waals surface area contributed by atoms with E-state index in [2.05, 4.69) is 4.90 Å². The second-order valence-corrected chi connectivity index (χ2v) is 8.98. The number of amides is 1. The molecular formula is C22H31NO4. The Bertz CT molecular complexity index is 775. The van der Waals surface area contributed by atoms with Crippen molar-refractivity contribution in [1.29, 1.82) is 0 Å². The molecule has 2 N–H and O–H groups in total. The molecule has 2 unspecified atom stereocenters. The lowest BCUT2D eigenvalue weighted by molar-refractivity contribution is -0.154. The lowest BCUT2D eigenvalue weighted by Gasteiger charge is -2.45. The number of carbonyl (C=O) groups is 1. The molecule has 1 amide bonds. The summed E-state index contributed by atoms with van der Waals surface area (Å²) in [5.74, 6) is 1.54. The van der Waals surface area contributed by atoms with Gasteiger partial charge in [-0.15, -0.1) is 0 Å². The second kappa shape index (κ2) is 6.40. The van der Waals surface area contributed by atoms with Crippen molar-refractivity contribution in [2.75, 3.05) is 6.61 Å². The fraction of sp³-hybridized carbons (Fsp3) is 0.682. The molecule has 0 spiro atoms. The van der Waals surface area contributed by atoms with Gasteiger partial charge in [-0.05, 0) is 82.4 Å². The van der Waals surface area contributed by atoms with Crippen LogP contribution >= 0.6 is 0 Å². The van der Waals surface area contributed by atoms with Crippen LogP contribution in [0.5, 0.6) is 11.5 Å². The first-order chi connectivity index (χ1) is 12.8. The standard InChI is InChI=1S/C22H31NO4/c1-12-13(2)20-18(14(3)19(12)25)7-8-22(4,27-20)21(26)23-16-5-6-17(23)10-15(9-16)11-24/h15-17,24-25H,5-11H2,1-4H3/t15?,16-,17+,22?. The van der Waals surface area contributed by atoms with Crippen LogP contribution in [-0.4, -0.2) is 45.3 Å². The number of ether oxygens (including phenoxy) is 1. The van der Waals surface area contributed by atoms with Crippen molar-refractivity contribution in [2.45, 2.75) is 83.9 Å². The predicted molar refractivity (Wildman–Crippen MR) is 103 cm³/mol. The first-order valence-corrected chi connectivity index (χ1v) is 10.2. The Morgan fingerprint density at radius 1 is 1.15 bits per heavy atom. The Kier molecular flexibility index (Phi) is 4.41. The maximum atomic E-state index is 13.6. The molecule has 148 valence electrons. The highest BCUT2D eigenvalue weighted by molar-refractivity contribution is 5.87. The molecule has 1 aromatic rings. The number of phenols is 1. The van der Waals surface area contributed by atoms with Gasteiger partial charge in [-0.3, -0.25) is 4.79 Å². The second-order valence-electron chi connectivity index (χ2n) is 8.98. The number of benzene rings is 1. The Labute approximate surface area is 161 Å². The van der Waals surface area contributed by atoms with E-state index in [0.717, 1.165) is 60.1 Å². The molecule has 2 saturated heterocycles. The van der Waals surface area contributed by atoms with Crippen molar-refractivity contribution >= 4 is 5.91 Å². The van der Waals surface area contributed by atoms with Gasteiger partial charge in [0.1, 0.15) is 11.5 Å². The van der Waals surface area contributed by atoms with Crippen LogP contribution in [0.15, 0.2) is 0 Å². The summed E-state index contributed by atoms with van der Waals surface area (Å²) < 4.78 is 6.41. The zero-order valence-corrected chi connectivity index (χ0v) is 16.8. The number of aromatic hydroxyl groups is 1. The molecule has 0 aromatic heterocycles. The molecule has 4 rings (SSSR count). The molecule has 5 nitrogen and oxygen atoms in total. The summed E-state index contributed by atoms with van der Waals surface area (Å²) in [6.45, 7) is 7.92. The first kappa shape index (κ1) is 18.6. The fourth-order valence-electron chi connectivity index (χ4n) is 5.44. The molecule has 0 aliphatic carbocycles. The third-order valence-electron chi connectivity index (χ3n) is 7.30. The van der Waals surface area contributed by atoms with Crippen molar-refractivity contribution in [3.63, 3.8) is 0 Å². The van der Waals surface area contributed by atoms with Gasteiger partial charge in [0.15, 0.2) is 5.60 Å². The average molecular weight is 373 g/mol. The van der Waals surface area contributed by atoms with E-state index in [0.29, 0.717) is 18.1 Å². The molecule has 3 heterocycles. The van der Waals surface area contributed by atoms with Gasteiger partial charge in [0.05, 0.1) is 0 Å². The molecule has 2 bridgehead atoms. The smallest absolute Gasteiger partial charge is 0.266 e. The quantitative estimate of drug-likeness (QED) is 0.835. The number of fused-ring (bicyclic) bond motifs is 3. The van der Waals surface area contributed by atoms with Crippen LogP contribution in [0.1, 0.15) is 61.3 Å². The van der Waals surface area contributed by atoms with E-state index in [1.807, 2.05) is 27.7 Å². The largest absolute Gasteiger partial charge is 0.507 e. The number of piperidine rings is 1. The normalized spacial score (nSPS) is 32.2. The summed E-state index contributed by atoms with van der Waals surface area (Å²) in [6, 6.07) is 0.471. The molecular weight excluding hydrogens is 342 g/mol. The van der Waals surface area contributed by atoms with Crippen LogP contribution < -0.4 is 4.74 Å². The molecule has 0 saturated carbocycles. The van der Waals surface area contributed by atoms with Gasteiger partial charge in [0, 0.05) is 30.7 Å². The minimum atomic E-state index is -0.861. The maximum absolute atomic E-state index is 13.6. The van der Waals surface area contributed by atoms with Gasteiger partial charge in [-0.1, -0.05) is 0 Å². The molecule has 3 aliphatic heterocycles. The monoisotopic (exact) mass is 373 g/mol. The zero-order chi connectivity index (χ0) is 19.5. The lowest BCUT2D eigenvalue weighted by atomic mass is 9.84. The fourth-order valence-corrected chi connectivity index (χ4v) is 5.44. The van der Waals surface area contributed by atoms with Gasteiger partial charge in [-0.25, -0.2) is 0 Å². The average Bonchev–Trinajstić information content (AvgIpc) is 2.93. The van der Waals surface area contributed by atoms with E-state index in [1.165, 1.54) is 0 Å². The molecule has 27 heavy (non-hydrogen) atoms. The van der Waals surface area contributed by atoms with E-state index in [1.54, 1.807) is 0 Å². The van der Waals surface area contributed by atoms with Gasteiger partial charge in [0.2, 0.25) is 0 Å². The number of hydrogen-bond donors (Lipinski definition) is 2. The molecule has 4 atom stereocenters. The number of aliphatic hydroxyl groups excluding tert-OH is 1. The number of phenolic OH excluding ortho intramolecular Hbond substituents is 1. The summed E-state index contributed by atoms with van der Waals surface area (Å²) in [4.78, 5) is 15.7. The van der Waals surface area contributed by atoms with Crippen LogP contribution in [0.3, 0.4) is 0 Å². The number of hydrogen-bond acceptors (Lipinski definition) is 4. The van der Waals surface area contributed by atoms with Crippen molar-refractivity contribution < 1.29 is 19.7 Å². The van der Waals surface area contributed by atoms with Crippen LogP contribution in [0, 0.1) is 26.7 Å². The minimum absolute atomic E-state index is 0.0971. The summed E-state index contributed by atoms with van der Waals surface area (Å²) in [5, 5.41) is 19.9. The van der Waals surface area contributed by atoms with Crippen molar-refractivity contribution in [3.05, 3.63) is 22.3 Å². The molecule has 3 aliphatic rings. The SMILES string of the molecule is Cc1c(C)c2c(c(C)c1O)CCC(C)(C(=O)N1[C@@H]3CC[C@H]1CC(CO)C3)O2. The highest BCUT2D eigenvalue weighted by Crippen LogP contribution is 2.46. The zero-order valence-electron chi connectivity index (χ0n) is 16.8. The first-order valence-electron chi connectivity index (χ1n) is 10.2. The topological polar surface area (TPSA) is 70.0 Å². The van der Waals surface area contributed by atoms with E-state index >= 15 is 0 Å². The van der Waals surface area contributed by atoms with Crippen LogP contribution in [-0.2, 0) is 11.2 Å². The number of aliphatic hydroxyl groups is 1. The molecule has 5 heteroatoms. The van der Waals surface area contributed by atoms with Crippen LogP contribution in [0.2, 0.25) is 0 Å². The van der Waals surface area contributed by atoms with Crippen molar-refractivity contribution in [3.8, 4) is 11.5 Å². The highest BCUT2D eigenvalue weighted by atomic mass is 16.5. The van der Waals surface area contributed by atoms with Gasteiger partial charge in [0.25, 0.3) is 5.91 Å². The lowest BCUT2D eigenvalue weighted by Crippen LogP contribution is -2.58. The molecule has 2 fully saturated rings. The van der Waals surface area contributed by atoms with Crippen LogP contribution in [0.25, 0.3) is 0 Å². The Balaban J connectivity index is 1.64. The van der Waals surface area contributed by atoms with E-state index in [9.17, 15) is 15.0 Å². The maximum Gasteiger partial charge on any atom is 0.266 e. The van der Waals surface area contributed by atoms with Gasteiger partial charge < -0.3 is 19.8 Å². The van der Waals surface area contributed by atoms with Crippen molar-refractivity contribution in [1.82, 2.24) is 4.90 Å². The van der Waals surface area contributed by atoms with Gasteiger partial charge in [-0.2, -0.15) is 0 Å². The Morgan fingerprint density at radius 2 is 1.78 bits per heavy atom. The summed E-state index contributed by atoms with van der Waals surface area (Å²) in [7, 11) is 0. The number of rotatable bonds is 2. The minimum Gasteiger partial charge on any atom is -0.507 e. The Morgan fingerprint density at radius 3 is 2.37 bits per heavy atom. The number of carbonyl (C=O) groups excluding carboxylic acids is 1. The summed E-state index contributed by atoms with van der Waals surface area (Å²) in [6.07, 6.45) is 5.23. The summed E-state index contributed by atoms with van der Waals surface area (Å²) in [5.41, 5.74) is 2.79. The third kappa shape index (κ3) is 2.74. The highest BCUT2D eigenvalue weighted by Gasteiger charge is 2.50. The third-order valence-corrected chi connectivity index (χ3v) is 7.30. The van der Waals surface area contributed by atoms with E-state index < -0.39 is 5.60 Å². The Hall–Kier alpha value is -1.75. The molecule has 0 radical (unpaired) electrons. The van der Waals surface area contributed by atoms with Crippen molar-refractivity contribution in [2.24, 2.45) is 5.92 Å². The number of nitrogens with zero attached hydrogens (tertiary/aromatic N) is 1.